The molecular weight excluding hydrogens is 581 g/mol. The Morgan fingerprint density at radius 1 is 0.625 bits per heavy atom. The molecule has 3 nitrogen and oxygen atoms in total. The monoisotopic (exact) mass is 605 g/mol. The Labute approximate surface area is 249 Å². The van der Waals surface area contributed by atoms with Crippen molar-refractivity contribution in [2.24, 2.45) is 4.99 Å². The van der Waals surface area contributed by atoms with Crippen LogP contribution in [0.3, 0.4) is 0 Å². The third kappa shape index (κ3) is 6.16. The molecule has 0 aliphatic heterocycles. The van der Waals surface area contributed by atoms with Gasteiger partial charge in [-0.15, -0.1) is 59.7 Å². The minimum atomic E-state index is 0. The second-order valence-electron chi connectivity index (χ2n) is 8.98. The van der Waals surface area contributed by atoms with Crippen LogP contribution in [0.15, 0.2) is 151 Å². The van der Waals surface area contributed by atoms with Crippen LogP contribution in [0.2, 0.25) is 0 Å². The van der Waals surface area contributed by atoms with Crippen molar-refractivity contribution < 1.29 is 20.4 Å². The molecule has 0 saturated heterocycles. The molecule has 0 N–H and O–H groups in total. The summed E-state index contributed by atoms with van der Waals surface area (Å²) in [6.45, 7) is 0. The topological polar surface area (TPSA) is 28.5 Å². The van der Waals surface area contributed by atoms with Crippen molar-refractivity contribution in [1.82, 2.24) is 4.98 Å². The van der Waals surface area contributed by atoms with Crippen LogP contribution in [-0.4, -0.2) is 11.2 Å². The van der Waals surface area contributed by atoms with Crippen LogP contribution in [0, 0.1) is 12.1 Å². The summed E-state index contributed by atoms with van der Waals surface area (Å²) in [5.41, 5.74) is 8.66. The van der Waals surface area contributed by atoms with Gasteiger partial charge in [0.05, 0.1) is 0 Å². The molecule has 0 fully saturated rings. The van der Waals surface area contributed by atoms with E-state index in [-0.39, 0.29) is 20.4 Å². The number of hydrogen-bond donors (Lipinski definition) is 0. The molecule has 0 saturated carbocycles. The van der Waals surface area contributed by atoms with Gasteiger partial charge in [0.25, 0.3) is 0 Å². The van der Waals surface area contributed by atoms with Crippen LogP contribution in [0.4, 0.5) is 22.7 Å². The van der Waals surface area contributed by atoms with Gasteiger partial charge in [-0.25, -0.2) is 0 Å². The minimum absolute atomic E-state index is 0. The molecule has 0 radical (unpaired) electrons. The molecule has 0 amide bonds. The average molecular weight is 606 g/mol. The van der Waals surface area contributed by atoms with Gasteiger partial charge < -0.3 is 9.89 Å². The maximum Gasteiger partial charge on any atom is 2.00 e. The molecule has 0 spiro atoms. The summed E-state index contributed by atoms with van der Waals surface area (Å²) < 4.78 is 0. The van der Waals surface area contributed by atoms with E-state index in [2.05, 4.69) is 94.8 Å². The van der Waals surface area contributed by atoms with Crippen LogP contribution in [0.5, 0.6) is 0 Å². The molecule has 1 aromatic heterocycles. The van der Waals surface area contributed by atoms with Gasteiger partial charge in [-0.1, -0.05) is 77.9 Å². The van der Waals surface area contributed by atoms with Crippen molar-refractivity contribution in [3.63, 3.8) is 0 Å². The van der Waals surface area contributed by atoms with E-state index in [1.807, 2.05) is 79.1 Å². The van der Waals surface area contributed by atoms with Crippen LogP contribution < -0.4 is 4.90 Å². The van der Waals surface area contributed by atoms with Crippen molar-refractivity contribution in [2.45, 2.75) is 0 Å². The predicted octanol–water partition coefficient (Wildman–Crippen LogP) is 9.23. The van der Waals surface area contributed by atoms with Gasteiger partial charge in [0.15, 0.2) is 0 Å². The summed E-state index contributed by atoms with van der Waals surface area (Å²) in [7, 11) is 0. The summed E-state index contributed by atoms with van der Waals surface area (Å²) >= 11 is 0. The van der Waals surface area contributed by atoms with E-state index in [1.54, 1.807) is 0 Å². The third-order valence-electron chi connectivity index (χ3n) is 6.35. The SMILES string of the molecule is [Pd+2].[c-]1c(C=Nc2ccccc2-c2[c-]cccc2)cc(N(c2ccccc2)c2ccccc2)cc1-c1ccccn1. The first kappa shape index (κ1) is 27.0. The number of benzene rings is 5. The summed E-state index contributed by atoms with van der Waals surface area (Å²) in [5.74, 6) is 0. The van der Waals surface area contributed by atoms with Gasteiger partial charge in [0.1, 0.15) is 0 Å². The number of rotatable bonds is 7. The number of pyridine rings is 1. The first-order valence-corrected chi connectivity index (χ1v) is 12.8. The number of aliphatic imine (C=N–C) groups is 1. The maximum atomic E-state index is 4.92. The summed E-state index contributed by atoms with van der Waals surface area (Å²) in [5, 5.41) is 0. The quantitative estimate of drug-likeness (QED) is 0.103. The van der Waals surface area contributed by atoms with Crippen molar-refractivity contribution in [3.8, 4) is 22.4 Å². The van der Waals surface area contributed by atoms with E-state index in [9.17, 15) is 0 Å². The van der Waals surface area contributed by atoms with Crippen molar-refractivity contribution in [3.05, 3.63) is 163 Å². The van der Waals surface area contributed by atoms with Gasteiger partial charge >= 0.3 is 20.4 Å². The molecule has 6 aromatic rings. The average Bonchev–Trinajstić information content (AvgIpc) is 3.02. The van der Waals surface area contributed by atoms with E-state index in [1.165, 1.54) is 0 Å². The fraction of sp³-hybridized carbons (Fsp3) is 0. The molecule has 6 rings (SSSR count). The van der Waals surface area contributed by atoms with Crippen LogP contribution in [0.25, 0.3) is 22.4 Å². The van der Waals surface area contributed by atoms with E-state index >= 15 is 0 Å². The number of hydrogen-bond acceptors (Lipinski definition) is 3. The molecule has 1 heterocycles. The fourth-order valence-electron chi connectivity index (χ4n) is 4.55. The zero-order valence-electron chi connectivity index (χ0n) is 21.6. The van der Waals surface area contributed by atoms with E-state index in [0.29, 0.717) is 0 Å². The van der Waals surface area contributed by atoms with Crippen LogP contribution >= 0.6 is 0 Å². The van der Waals surface area contributed by atoms with Gasteiger partial charge in [0, 0.05) is 29.0 Å². The van der Waals surface area contributed by atoms with Crippen LogP contribution in [-0.2, 0) is 20.4 Å². The third-order valence-corrected chi connectivity index (χ3v) is 6.35. The number of anilines is 3. The Balaban J connectivity index is 0.00000323. The Hall–Kier alpha value is -4.62. The Morgan fingerprint density at radius 2 is 1.30 bits per heavy atom. The van der Waals surface area contributed by atoms with E-state index in [4.69, 9.17) is 4.99 Å². The summed E-state index contributed by atoms with van der Waals surface area (Å²) in [6, 6.07) is 53.9. The normalized spacial score (nSPS) is 10.7. The number of nitrogens with zero attached hydrogens (tertiary/aromatic N) is 3. The van der Waals surface area contributed by atoms with Gasteiger partial charge in [0.2, 0.25) is 0 Å². The van der Waals surface area contributed by atoms with E-state index in [0.717, 1.165) is 50.7 Å². The second kappa shape index (κ2) is 13.0. The summed E-state index contributed by atoms with van der Waals surface area (Å²) in [4.78, 5) is 11.8. The van der Waals surface area contributed by atoms with Crippen molar-refractivity contribution in [1.29, 1.82) is 0 Å². The summed E-state index contributed by atoms with van der Waals surface area (Å²) in [6.07, 6.45) is 3.69. The molecule has 4 heteroatoms. The molecule has 0 aliphatic rings. The second-order valence-corrected chi connectivity index (χ2v) is 8.98. The smallest absolute Gasteiger partial charge is 0.325 e. The van der Waals surface area contributed by atoms with Gasteiger partial charge in [-0.05, 0) is 48.3 Å². The minimum Gasteiger partial charge on any atom is -0.325 e. The molecular formula is C36H25N3Pd. The molecule has 194 valence electrons. The van der Waals surface area contributed by atoms with Crippen molar-refractivity contribution >= 4 is 29.0 Å². The van der Waals surface area contributed by atoms with Gasteiger partial charge in [-0.3, -0.25) is 4.98 Å². The first-order valence-electron chi connectivity index (χ1n) is 12.8. The van der Waals surface area contributed by atoms with E-state index < -0.39 is 0 Å². The van der Waals surface area contributed by atoms with Crippen LogP contribution in [0.1, 0.15) is 5.56 Å². The molecule has 0 unspecified atom stereocenters. The Bertz CT molecular complexity index is 1650. The standard InChI is InChI=1S/C36H25N3.Pd/c1-4-14-29(15-5-1)34-20-10-11-22-36(34)38-27-28-24-30(35-21-12-13-23-37-35)26-33(25-28)39(31-16-6-2-7-17-31)32-18-8-3-9-19-32;/h1-14,16-23,25-27H;/q-2;+2. The number of para-hydroxylation sites is 3. The zero-order valence-corrected chi connectivity index (χ0v) is 23.1. The van der Waals surface area contributed by atoms with Gasteiger partial charge in [-0.2, -0.15) is 0 Å². The predicted molar refractivity (Wildman–Crippen MR) is 161 cm³/mol. The molecule has 0 atom stereocenters. The molecule has 0 aliphatic carbocycles. The first-order chi connectivity index (χ1) is 19.3. The molecule has 0 bridgehead atoms. The zero-order chi connectivity index (χ0) is 26.3. The largest absolute Gasteiger partial charge is 2.00 e. The molecule has 5 aromatic carbocycles. The Kier molecular flexibility index (Phi) is 8.73. The molecule has 40 heavy (non-hydrogen) atoms. The Morgan fingerprint density at radius 3 is 1.98 bits per heavy atom. The number of aromatic nitrogens is 1. The maximum absolute atomic E-state index is 4.92. The van der Waals surface area contributed by atoms with Crippen molar-refractivity contribution in [2.75, 3.05) is 4.90 Å². The fourth-order valence-corrected chi connectivity index (χ4v) is 4.55.